The summed E-state index contributed by atoms with van der Waals surface area (Å²) in [5, 5.41) is 5.59. The molecular weight excluding hydrogens is 316 g/mol. The number of nitrogens with one attached hydrogen (secondary N) is 2. The first-order valence-electron chi connectivity index (χ1n) is 9.87. The zero-order valence-corrected chi connectivity index (χ0v) is 17.5. The van der Waals surface area contributed by atoms with Crippen LogP contribution < -0.4 is 10.6 Å². The lowest BCUT2D eigenvalue weighted by Crippen LogP contribution is -2.22. The van der Waals surface area contributed by atoms with Gasteiger partial charge in [0.2, 0.25) is 5.91 Å². The highest BCUT2D eigenvalue weighted by atomic mass is 16.1. The van der Waals surface area contributed by atoms with Crippen molar-refractivity contribution in [2.45, 2.75) is 86.0 Å². The standard InChI is InChI=1S/C12H23NO2.C6H13NO.C2H6/c1-2-13-12(15)10-8-6-4-3-5-7-9-11-14;1-5(2)6(8)4-7-3;1-2/h11H,2-10H2,1H3,(H,13,15);5,7H,4H2,1-3H3;1-2H3. The average molecular weight is 359 g/mol. The van der Waals surface area contributed by atoms with Crippen molar-refractivity contribution in [3.8, 4) is 0 Å². The molecule has 0 aliphatic carbocycles. The summed E-state index contributed by atoms with van der Waals surface area (Å²) in [6.07, 6.45) is 8.95. The van der Waals surface area contributed by atoms with Crippen molar-refractivity contribution in [3.05, 3.63) is 0 Å². The van der Waals surface area contributed by atoms with Crippen LogP contribution in [0.15, 0.2) is 0 Å². The highest BCUT2D eigenvalue weighted by Gasteiger charge is 2.03. The Morgan fingerprint density at radius 3 is 1.88 bits per heavy atom. The van der Waals surface area contributed by atoms with Gasteiger partial charge in [-0.25, -0.2) is 0 Å². The van der Waals surface area contributed by atoms with Crippen LogP contribution in [0.4, 0.5) is 0 Å². The molecule has 150 valence electrons. The predicted octanol–water partition coefficient (Wildman–Crippen LogP) is 3.90. The fourth-order valence-electron chi connectivity index (χ4n) is 1.88. The maximum absolute atomic E-state index is 11.1. The van der Waals surface area contributed by atoms with Gasteiger partial charge >= 0.3 is 0 Å². The van der Waals surface area contributed by atoms with E-state index in [1.165, 1.54) is 12.8 Å². The maximum Gasteiger partial charge on any atom is 0.219 e. The molecule has 0 atom stereocenters. The van der Waals surface area contributed by atoms with Crippen molar-refractivity contribution in [1.29, 1.82) is 0 Å². The van der Waals surface area contributed by atoms with Gasteiger partial charge in [0.05, 0.1) is 6.54 Å². The number of amides is 1. The van der Waals surface area contributed by atoms with Gasteiger partial charge in [-0.3, -0.25) is 9.59 Å². The van der Waals surface area contributed by atoms with Gasteiger partial charge < -0.3 is 15.4 Å². The number of unbranched alkanes of at least 4 members (excludes halogenated alkanes) is 6. The van der Waals surface area contributed by atoms with Crippen LogP contribution in [-0.2, 0) is 14.4 Å². The first kappa shape index (κ1) is 28.6. The molecule has 5 heteroatoms. The smallest absolute Gasteiger partial charge is 0.219 e. The van der Waals surface area contributed by atoms with E-state index in [9.17, 15) is 14.4 Å². The van der Waals surface area contributed by atoms with Crippen LogP contribution >= 0.6 is 0 Å². The topological polar surface area (TPSA) is 75.3 Å². The van der Waals surface area contributed by atoms with Gasteiger partial charge in [-0.1, -0.05) is 53.4 Å². The monoisotopic (exact) mass is 358 g/mol. The summed E-state index contributed by atoms with van der Waals surface area (Å²) < 4.78 is 0. The molecular formula is C20H42N2O3. The minimum atomic E-state index is 0.165. The molecule has 5 nitrogen and oxygen atoms in total. The number of hydrogen-bond donors (Lipinski definition) is 2. The Bertz CT molecular complexity index is 305. The molecule has 0 saturated heterocycles. The van der Waals surface area contributed by atoms with E-state index in [4.69, 9.17) is 0 Å². The second-order valence-electron chi connectivity index (χ2n) is 5.93. The van der Waals surface area contributed by atoms with Crippen molar-refractivity contribution in [2.24, 2.45) is 5.92 Å². The molecule has 0 unspecified atom stereocenters. The fourth-order valence-corrected chi connectivity index (χ4v) is 1.88. The van der Waals surface area contributed by atoms with Crippen molar-refractivity contribution < 1.29 is 14.4 Å². The zero-order valence-electron chi connectivity index (χ0n) is 17.5. The van der Waals surface area contributed by atoms with E-state index >= 15 is 0 Å². The number of carbonyl (C=O) groups is 3. The third-order valence-electron chi connectivity index (χ3n) is 3.34. The van der Waals surface area contributed by atoms with E-state index in [2.05, 4.69) is 10.6 Å². The predicted molar refractivity (Wildman–Crippen MR) is 107 cm³/mol. The van der Waals surface area contributed by atoms with Gasteiger partial charge in [0, 0.05) is 25.3 Å². The van der Waals surface area contributed by atoms with Crippen LogP contribution in [0.3, 0.4) is 0 Å². The van der Waals surface area contributed by atoms with Crippen LogP contribution in [-0.4, -0.2) is 38.1 Å². The van der Waals surface area contributed by atoms with E-state index < -0.39 is 0 Å². The van der Waals surface area contributed by atoms with E-state index in [-0.39, 0.29) is 17.6 Å². The molecule has 0 aliphatic heterocycles. The molecule has 25 heavy (non-hydrogen) atoms. The summed E-state index contributed by atoms with van der Waals surface area (Å²) in [5.74, 6) is 0.605. The number of ketones is 1. The molecule has 0 aliphatic rings. The van der Waals surface area contributed by atoms with Gasteiger partial charge in [0.15, 0.2) is 0 Å². The van der Waals surface area contributed by atoms with Crippen molar-refractivity contribution in [2.75, 3.05) is 20.1 Å². The van der Waals surface area contributed by atoms with Crippen LogP contribution in [0.5, 0.6) is 0 Å². The Morgan fingerprint density at radius 1 is 0.960 bits per heavy atom. The lowest BCUT2D eigenvalue weighted by molar-refractivity contribution is -0.121. The highest BCUT2D eigenvalue weighted by Crippen LogP contribution is 2.07. The van der Waals surface area contributed by atoms with E-state index in [0.717, 1.165) is 38.5 Å². The van der Waals surface area contributed by atoms with Gasteiger partial charge in [0.1, 0.15) is 12.1 Å². The van der Waals surface area contributed by atoms with Crippen LogP contribution in [0.1, 0.15) is 86.0 Å². The van der Waals surface area contributed by atoms with Gasteiger partial charge in [-0.05, 0) is 26.8 Å². The van der Waals surface area contributed by atoms with Gasteiger partial charge in [-0.15, -0.1) is 0 Å². The van der Waals surface area contributed by atoms with Crippen molar-refractivity contribution in [1.82, 2.24) is 10.6 Å². The second-order valence-corrected chi connectivity index (χ2v) is 5.93. The SMILES string of the molecule is CC.CCNC(=O)CCCCCCCCC=O.CNCC(=O)C(C)C. The Morgan fingerprint density at radius 2 is 1.48 bits per heavy atom. The summed E-state index contributed by atoms with van der Waals surface area (Å²) in [4.78, 5) is 31.8. The quantitative estimate of drug-likeness (QED) is 0.387. The molecule has 0 bridgehead atoms. The molecule has 0 rings (SSSR count). The van der Waals surface area contributed by atoms with Gasteiger partial charge in [0.25, 0.3) is 0 Å². The number of carbonyl (C=O) groups excluding carboxylic acids is 3. The molecule has 0 spiro atoms. The molecule has 0 aromatic rings. The van der Waals surface area contributed by atoms with Crippen molar-refractivity contribution in [3.63, 3.8) is 0 Å². The number of hydrogen-bond acceptors (Lipinski definition) is 4. The Balaban J connectivity index is -0.000000408. The normalized spacial score (nSPS) is 9.40. The third kappa shape index (κ3) is 27.9. The molecule has 0 aromatic heterocycles. The summed E-state index contributed by atoms with van der Waals surface area (Å²) in [6.45, 7) is 11.0. The highest BCUT2D eigenvalue weighted by molar-refractivity contribution is 5.82. The Hall–Kier alpha value is -1.23. The molecule has 0 saturated carbocycles. The molecule has 1 amide bonds. The lowest BCUT2D eigenvalue weighted by Gasteiger charge is -2.02. The molecule has 0 aromatic carbocycles. The number of likely N-dealkylation sites (N-methyl/N-ethyl adjacent to an activating group) is 1. The largest absolute Gasteiger partial charge is 0.356 e. The average Bonchev–Trinajstić information content (AvgIpc) is 2.60. The first-order chi connectivity index (χ1) is 12.0. The molecule has 2 N–H and O–H groups in total. The zero-order chi connectivity index (χ0) is 19.9. The number of Topliss-reactive ketones (excluding diaryl/α,β-unsaturated/α-hetero) is 1. The lowest BCUT2D eigenvalue weighted by atomic mass is 10.1. The Kier molecular flexibility index (Phi) is 28.6. The Labute approximate surface area is 155 Å². The molecule has 0 fully saturated rings. The van der Waals surface area contributed by atoms with Gasteiger partial charge in [-0.2, -0.15) is 0 Å². The summed E-state index contributed by atoms with van der Waals surface area (Å²) in [5.41, 5.74) is 0. The van der Waals surface area contributed by atoms with E-state index in [1.54, 1.807) is 7.05 Å². The molecule has 0 heterocycles. The summed E-state index contributed by atoms with van der Waals surface area (Å²) in [6, 6.07) is 0. The van der Waals surface area contributed by atoms with Crippen LogP contribution in [0.2, 0.25) is 0 Å². The van der Waals surface area contributed by atoms with Crippen LogP contribution in [0, 0.1) is 5.92 Å². The number of aldehydes is 1. The minimum absolute atomic E-state index is 0.165. The summed E-state index contributed by atoms with van der Waals surface area (Å²) in [7, 11) is 1.78. The third-order valence-corrected chi connectivity index (χ3v) is 3.34. The van der Waals surface area contributed by atoms with E-state index in [0.29, 0.717) is 19.4 Å². The maximum atomic E-state index is 11.1. The molecule has 0 radical (unpaired) electrons. The minimum Gasteiger partial charge on any atom is -0.356 e. The van der Waals surface area contributed by atoms with Crippen molar-refractivity contribution >= 4 is 18.0 Å². The second kappa shape index (κ2) is 25.0. The fraction of sp³-hybridized carbons (Fsp3) is 0.850. The van der Waals surface area contributed by atoms with Crippen LogP contribution in [0.25, 0.3) is 0 Å². The first-order valence-corrected chi connectivity index (χ1v) is 9.87. The number of rotatable bonds is 13. The van der Waals surface area contributed by atoms with E-state index in [1.807, 2.05) is 34.6 Å². The summed E-state index contributed by atoms with van der Waals surface area (Å²) >= 11 is 0.